The van der Waals surface area contributed by atoms with Crippen molar-refractivity contribution in [1.29, 1.82) is 0 Å². The highest BCUT2D eigenvalue weighted by Gasteiger charge is 2.11. The molecule has 1 N–H and O–H groups in total. The van der Waals surface area contributed by atoms with Crippen LogP contribution in [0.1, 0.15) is 29.4 Å². The number of carbonyl (C=O) groups is 1. The Morgan fingerprint density at radius 1 is 1.44 bits per heavy atom. The molecule has 0 aliphatic heterocycles. The molecule has 1 unspecified atom stereocenters. The Hall–Kier alpha value is -1.06. The molecule has 0 aliphatic rings. The summed E-state index contributed by atoms with van der Waals surface area (Å²) in [5.41, 5.74) is 0. The molecule has 2 nitrogen and oxygen atoms in total. The Kier molecular flexibility index (Phi) is 4.61. The van der Waals surface area contributed by atoms with Crippen LogP contribution in [0.2, 0.25) is 0 Å². The van der Waals surface area contributed by atoms with Gasteiger partial charge in [-0.1, -0.05) is 31.5 Å². The molecule has 0 bridgehead atoms. The highest BCUT2D eigenvalue weighted by molar-refractivity contribution is 7.20. The first kappa shape index (κ1) is 13.4. The summed E-state index contributed by atoms with van der Waals surface area (Å²) >= 11 is 7.60. The van der Waals surface area contributed by atoms with E-state index in [0.717, 1.165) is 27.8 Å². The lowest BCUT2D eigenvalue weighted by molar-refractivity contribution is 0.0957. The molecule has 4 heteroatoms. The van der Waals surface area contributed by atoms with Crippen molar-refractivity contribution in [2.75, 3.05) is 6.54 Å². The fraction of sp³-hybridized carbons (Fsp3) is 0.357. The molecular formula is C14H16ClNOS. The first-order chi connectivity index (χ1) is 8.70. The lowest BCUT2D eigenvalue weighted by Crippen LogP contribution is -2.29. The standard InChI is InChI=1S/C14H16ClNOS/c1-2-5-11(15)9-16-14(17)13-8-10-6-3-4-7-12(10)18-13/h3-4,6-8,11H,2,5,9H2,1H3,(H,16,17). The van der Waals surface area contributed by atoms with Gasteiger partial charge in [-0.25, -0.2) is 0 Å². The Morgan fingerprint density at radius 2 is 2.22 bits per heavy atom. The molecule has 0 aliphatic carbocycles. The Labute approximate surface area is 116 Å². The second-order valence-corrected chi connectivity index (χ2v) is 5.95. The second-order valence-electron chi connectivity index (χ2n) is 4.24. The van der Waals surface area contributed by atoms with Gasteiger partial charge in [0.15, 0.2) is 0 Å². The van der Waals surface area contributed by atoms with Crippen LogP contribution in [-0.4, -0.2) is 17.8 Å². The van der Waals surface area contributed by atoms with E-state index in [1.807, 2.05) is 30.3 Å². The van der Waals surface area contributed by atoms with Crippen LogP contribution in [0.25, 0.3) is 10.1 Å². The fourth-order valence-corrected chi connectivity index (χ4v) is 3.07. The SMILES string of the molecule is CCCC(Cl)CNC(=O)c1cc2ccccc2s1. The maximum Gasteiger partial charge on any atom is 0.261 e. The minimum absolute atomic E-state index is 0.0216. The van der Waals surface area contributed by atoms with E-state index in [9.17, 15) is 4.79 Å². The molecule has 1 aromatic heterocycles. The number of hydrogen-bond donors (Lipinski definition) is 1. The van der Waals surface area contributed by atoms with Gasteiger partial charge in [-0.15, -0.1) is 22.9 Å². The summed E-state index contributed by atoms with van der Waals surface area (Å²) < 4.78 is 1.14. The average molecular weight is 282 g/mol. The van der Waals surface area contributed by atoms with Gasteiger partial charge in [0.25, 0.3) is 5.91 Å². The van der Waals surface area contributed by atoms with Crippen molar-refractivity contribution >= 4 is 38.9 Å². The summed E-state index contributed by atoms with van der Waals surface area (Å²) in [6.45, 7) is 2.62. The fourth-order valence-electron chi connectivity index (χ4n) is 1.80. The number of halogens is 1. The van der Waals surface area contributed by atoms with E-state index in [0.29, 0.717) is 6.54 Å². The summed E-state index contributed by atoms with van der Waals surface area (Å²) in [5.74, 6) is -0.0297. The van der Waals surface area contributed by atoms with Crippen LogP contribution in [0, 0.1) is 0 Å². The van der Waals surface area contributed by atoms with Gasteiger partial charge < -0.3 is 5.32 Å². The van der Waals surface area contributed by atoms with Crippen LogP contribution in [-0.2, 0) is 0 Å². The van der Waals surface area contributed by atoms with Crippen molar-refractivity contribution in [2.45, 2.75) is 25.1 Å². The molecule has 1 aromatic carbocycles. The van der Waals surface area contributed by atoms with Crippen molar-refractivity contribution in [1.82, 2.24) is 5.32 Å². The van der Waals surface area contributed by atoms with E-state index in [4.69, 9.17) is 11.6 Å². The van der Waals surface area contributed by atoms with Crippen molar-refractivity contribution < 1.29 is 4.79 Å². The summed E-state index contributed by atoms with van der Waals surface area (Å²) in [5, 5.41) is 4.02. The molecule has 1 atom stereocenters. The van der Waals surface area contributed by atoms with E-state index >= 15 is 0 Å². The number of nitrogens with one attached hydrogen (secondary N) is 1. The third kappa shape index (κ3) is 3.24. The number of fused-ring (bicyclic) bond motifs is 1. The number of benzene rings is 1. The summed E-state index contributed by atoms with van der Waals surface area (Å²) in [6.07, 6.45) is 1.96. The second kappa shape index (κ2) is 6.21. The molecule has 1 amide bonds. The number of thiophene rings is 1. The van der Waals surface area contributed by atoms with Gasteiger partial charge in [-0.2, -0.15) is 0 Å². The minimum Gasteiger partial charge on any atom is -0.350 e. The monoisotopic (exact) mass is 281 g/mol. The normalized spacial score (nSPS) is 12.6. The largest absolute Gasteiger partial charge is 0.350 e. The molecule has 0 fully saturated rings. The Bertz CT molecular complexity index is 504. The lowest BCUT2D eigenvalue weighted by Gasteiger charge is -2.08. The maximum atomic E-state index is 12.0. The third-order valence-electron chi connectivity index (χ3n) is 2.74. The third-order valence-corrected chi connectivity index (χ3v) is 4.22. The first-order valence-corrected chi connectivity index (χ1v) is 7.37. The number of rotatable bonds is 5. The zero-order valence-electron chi connectivity index (χ0n) is 10.3. The van der Waals surface area contributed by atoms with Crippen molar-refractivity contribution in [3.05, 3.63) is 35.2 Å². The van der Waals surface area contributed by atoms with E-state index in [2.05, 4.69) is 12.2 Å². The summed E-state index contributed by atoms with van der Waals surface area (Å²) in [4.78, 5) is 12.7. The van der Waals surface area contributed by atoms with Crippen molar-refractivity contribution in [3.8, 4) is 0 Å². The van der Waals surface area contributed by atoms with Gasteiger partial charge >= 0.3 is 0 Å². The van der Waals surface area contributed by atoms with E-state index in [1.54, 1.807) is 0 Å². The van der Waals surface area contributed by atoms with Crippen molar-refractivity contribution in [3.63, 3.8) is 0 Å². The quantitative estimate of drug-likeness (QED) is 0.824. The molecule has 2 rings (SSSR count). The van der Waals surface area contributed by atoms with E-state index in [-0.39, 0.29) is 11.3 Å². The molecule has 0 spiro atoms. The lowest BCUT2D eigenvalue weighted by atomic mass is 10.2. The topological polar surface area (TPSA) is 29.1 Å². The van der Waals surface area contributed by atoms with Gasteiger partial charge in [-0.3, -0.25) is 4.79 Å². The summed E-state index contributed by atoms with van der Waals surface area (Å²) in [6, 6.07) is 9.93. The molecule has 0 saturated heterocycles. The maximum absolute atomic E-state index is 12.0. The van der Waals surface area contributed by atoms with Crippen molar-refractivity contribution in [2.24, 2.45) is 0 Å². The molecule has 0 saturated carbocycles. The van der Waals surface area contributed by atoms with E-state index in [1.165, 1.54) is 11.3 Å². The molecule has 18 heavy (non-hydrogen) atoms. The number of carbonyl (C=O) groups excluding carboxylic acids is 1. The summed E-state index contributed by atoms with van der Waals surface area (Å²) in [7, 11) is 0. The Balaban J connectivity index is 2.00. The molecule has 2 aromatic rings. The van der Waals surface area contributed by atoms with Gasteiger partial charge in [0.05, 0.1) is 10.3 Å². The van der Waals surface area contributed by atoms with Crippen LogP contribution < -0.4 is 5.32 Å². The first-order valence-electron chi connectivity index (χ1n) is 6.11. The smallest absolute Gasteiger partial charge is 0.261 e. The highest BCUT2D eigenvalue weighted by atomic mass is 35.5. The number of alkyl halides is 1. The average Bonchev–Trinajstić information content (AvgIpc) is 2.80. The molecule has 96 valence electrons. The van der Waals surface area contributed by atoms with Gasteiger partial charge in [-0.05, 0) is 23.9 Å². The number of hydrogen-bond acceptors (Lipinski definition) is 2. The zero-order valence-corrected chi connectivity index (χ0v) is 11.9. The highest BCUT2D eigenvalue weighted by Crippen LogP contribution is 2.25. The van der Waals surface area contributed by atoms with Gasteiger partial charge in [0.1, 0.15) is 0 Å². The molecule has 0 radical (unpaired) electrons. The van der Waals surface area contributed by atoms with Gasteiger partial charge in [0.2, 0.25) is 0 Å². The van der Waals surface area contributed by atoms with Gasteiger partial charge in [0, 0.05) is 11.2 Å². The van der Waals surface area contributed by atoms with Crippen LogP contribution in [0.5, 0.6) is 0 Å². The minimum atomic E-state index is -0.0297. The predicted molar refractivity (Wildman–Crippen MR) is 78.7 cm³/mol. The molecular weight excluding hydrogens is 266 g/mol. The van der Waals surface area contributed by atoms with Crippen LogP contribution >= 0.6 is 22.9 Å². The molecule has 1 heterocycles. The van der Waals surface area contributed by atoms with E-state index < -0.39 is 0 Å². The Morgan fingerprint density at radius 3 is 2.94 bits per heavy atom. The van der Waals surface area contributed by atoms with Crippen LogP contribution in [0.4, 0.5) is 0 Å². The predicted octanol–water partition coefficient (Wildman–Crippen LogP) is 4.04. The van der Waals surface area contributed by atoms with Crippen LogP contribution in [0.3, 0.4) is 0 Å². The van der Waals surface area contributed by atoms with Crippen LogP contribution in [0.15, 0.2) is 30.3 Å². The number of amides is 1. The zero-order chi connectivity index (χ0) is 13.0.